The monoisotopic (exact) mass is 165 g/mol. The highest BCUT2D eigenvalue weighted by molar-refractivity contribution is 4.94. The Hall–Kier alpha value is -0.960. The smallest absolute Gasteiger partial charge is 0.0467 e. The van der Waals surface area contributed by atoms with Crippen molar-refractivity contribution in [1.82, 2.24) is 9.99 Å². The van der Waals surface area contributed by atoms with Crippen molar-refractivity contribution in [1.29, 1.82) is 0 Å². The van der Waals surface area contributed by atoms with Crippen molar-refractivity contribution in [2.75, 3.05) is 18.5 Å². The molecule has 1 fully saturated rings. The van der Waals surface area contributed by atoms with E-state index in [1.807, 2.05) is 29.2 Å². The Labute approximate surface area is 72.7 Å². The molecule has 3 nitrogen and oxygen atoms in total. The van der Waals surface area contributed by atoms with Crippen LogP contribution in [0.4, 0.5) is 0 Å². The zero-order valence-corrected chi connectivity index (χ0v) is 7.16. The molecule has 2 heterocycles. The summed E-state index contributed by atoms with van der Waals surface area (Å²) in [7, 11) is 0. The van der Waals surface area contributed by atoms with Crippen molar-refractivity contribution in [2.45, 2.75) is 18.9 Å². The lowest BCUT2D eigenvalue weighted by molar-refractivity contribution is 0.604. The van der Waals surface area contributed by atoms with Gasteiger partial charge in [-0.05, 0) is 31.5 Å². The van der Waals surface area contributed by atoms with Crippen LogP contribution in [0, 0.1) is 0 Å². The van der Waals surface area contributed by atoms with E-state index in [2.05, 4.69) is 10.7 Å². The second kappa shape index (κ2) is 3.63. The number of rotatable bonds is 3. The van der Waals surface area contributed by atoms with Crippen LogP contribution >= 0.6 is 0 Å². The molecule has 0 bridgehead atoms. The molecule has 0 aliphatic carbocycles. The summed E-state index contributed by atoms with van der Waals surface area (Å²) in [4.78, 5) is 0. The van der Waals surface area contributed by atoms with E-state index in [-0.39, 0.29) is 0 Å². The first kappa shape index (κ1) is 7.68. The zero-order chi connectivity index (χ0) is 8.23. The zero-order valence-electron chi connectivity index (χ0n) is 7.16. The van der Waals surface area contributed by atoms with Gasteiger partial charge >= 0.3 is 0 Å². The molecule has 0 spiro atoms. The van der Waals surface area contributed by atoms with Crippen LogP contribution in [0.15, 0.2) is 24.5 Å². The van der Waals surface area contributed by atoms with Crippen LogP contribution < -0.4 is 10.7 Å². The van der Waals surface area contributed by atoms with Crippen LogP contribution in [0.5, 0.6) is 0 Å². The Morgan fingerprint density at radius 1 is 1.42 bits per heavy atom. The molecule has 1 aromatic heterocycles. The largest absolute Gasteiger partial charge is 0.325 e. The van der Waals surface area contributed by atoms with Crippen LogP contribution in [-0.4, -0.2) is 23.8 Å². The number of hydrogen-bond donors (Lipinski definition) is 2. The van der Waals surface area contributed by atoms with Crippen LogP contribution in [0.2, 0.25) is 0 Å². The molecule has 2 rings (SSSR count). The van der Waals surface area contributed by atoms with Crippen molar-refractivity contribution in [3.05, 3.63) is 24.5 Å². The fourth-order valence-corrected chi connectivity index (χ4v) is 1.59. The molecule has 0 radical (unpaired) electrons. The minimum Gasteiger partial charge on any atom is -0.325 e. The van der Waals surface area contributed by atoms with Gasteiger partial charge in [0.2, 0.25) is 0 Å². The van der Waals surface area contributed by atoms with Gasteiger partial charge in [0, 0.05) is 25.0 Å². The van der Waals surface area contributed by atoms with E-state index in [9.17, 15) is 0 Å². The normalized spacial score (nSPS) is 22.8. The van der Waals surface area contributed by atoms with E-state index in [4.69, 9.17) is 0 Å². The maximum atomic E-state index is 3.44. The fourth-order valence-electron chi connectivity index (χ4n) is 1.59. The molecule has 2 N–H and O–H groups in total. The van der Waals surface area contributed by atoms with Crippen molar-refractivity contribution >= 4 is 0 Å². The van der Waals surface area contributed by atoms with Crippen LogP contribution in [0.3, 0.4) is 0 Å². The van der Waals surface area contributed by atoms with E-state index in [1.165, 1.54) is 19.4 Å². The van der Waals surface area contributed by atoms with Gasteiger partial charge in [-0.15, -0.1) is 0 Å². The number of hydrogen-bond acceptors (Lipinski definition) is 2. The standard InChI is InChI=1S/C9H15N3/c1-2-7-12(6-1)11-8-9-4-3-5-10-9/h1-2,6-7,9-11H,3-5,8H2. The predicted molar refractivity (Wildman–Crippen MR) is 49.7 cm³/mol. The molecule has 1 aliphatic heterocycles. The Bertz CT molecular complexity index is 212. The summed E-state index contributed by atoms with van der Waals surface area (Å²) in [6, 6.07) is 4.71. The Morgan fingerprint density at radius 2 is 2.25 bits per heavy atom. The van der Waals surface area contributed by atoms with Gasteiger partial charge in [0.15, 0.2) is 0 Å². The minimum absolute atomic E-state index is 0.660. The van der Waals surface area contributed by atoms with Crippen molar-refractivity contribution < 1.29 is 0 Å². The average Bonchev–Trinajstić information content (AvgIpc) is 2.74. The first-order chi connectivity index (χ1) is 5.95. The van der Waals surface area contributed by atoms with Gasteiger partial charge in [0.1, 0.15) is 0 Å². The summed E-state index contributed by atoms with van der Waals surface area (Å²) < 4.78 is 2.00. The quantitative estimate of drug-likeness (QED) is 0.693. The molecule has 66 valence electrons. The molecule has 1 saturated heterocycles. The second-order valence-electron chi connectivity index (χ2n) is 3.25. The third-order valence-electron chi connectivity index (χ3n) is 2.29. The van der Waals surface area contributed by atoms with E-state index < -0.39 is 0 Å². The van der Waals surface area contributed by atoms with E-state index in [0.717, 1.165) is 6.54 Å². The van der Waals surface area contributed by atoms with Gasteiger partial charge < -0.3 is 10.7 Å². The summed E-state index contributed by atoms with van der Waals surface area (Å²) in [5.74, 6) is 0. The molecule has 1 atom stereocenters. The molecular weight excluding hydrogens is 150 g/mol. The summed E-state index contributed by atoms with van der Waals surface area (Å²) >= 11 is 0. The third kappa shape index (κ3) is 1.80. The summed E-state index contributed by atoms with van der Waals surface area (Å²) in [5, 5.41) is 3.44. The minimum atomic E-state index is 0.660. The van der Waals surface area contributed by atoms with Gasteiger partial charge in [-0.1, -0.05) is 0 Å². The SMILES string of the molecule is c1ccn(NCC2CCCN2)c1. The molecule has 0 aromatic carbocycles. The Kier molecular flexibility index (Phi) is 2.32. The lowest BCUT2D eigenvalue weighted by atomic mass is 10.2. The fraction of sp³-hybridized carbons (Fsp3) is 0.556. The lowest BCUT2D eigenvalue weighted by Crippen LogP contribution is -2.32. The van der Waals surface area contributed by atoms with Crippen molar-refractivity contribution in [3.63, 3.8) is 0 Å². The first-order valence-corrected chi connectivity index (χ1v) is 4.55. The third-order valence-corrected chi connectivity index (χ3v) is 2.29. The van der Waals surface area contributed by atoms with Gasteiger partial charge in [-0.25, -0.2) is 0 Å². The molecule has 1 aromatic rings. The van der Waals surface area contributed by atoms with Crippen LogP contribution in [-0.2, 0) is 0 Å². The summed E-state index contributed by atoms with van der Waals surface area (Å²) in [6.45, 7) is 2.20. The molecule has 1 unspecified atom stereocenters. The highest BCUT2D eigenvalue weighted by Gasteiger charge is 2.12. The second-order valence-corrected chi connectivity index (χ2v) is 3.25. The highest BCUT2D eigenvalue weighted by atomic mass is 15.4. The van der Waals surface area contributed by atoms with Gasteiger partial charge in [0.25, 0.3) is 0 Å². The van der Waals surface area contributed by atoms with E-state index >= 15 is 0 Å². The lowest BCUT2D eigenvalue weighted by Gasteiger charge is -2.12. The Morgan fingerprint density at radius 3 is 2.92 bits per heavy atom. The molecule has 0 amide bonds. The first-order valence-electron chi connectivity index (χ1n) is 4.55. The summed E-state index contributed by atoms with van der Waals surface area (Å²) in [6.07, 6.45) is 6.66. The topological polar surface area (TPSA) is 29.0 Å². The number of nitrogens with zero attached hydrogens (tertiary/aromatic N) is 1. The maximum absolute atomic E-state index is 3.44. The number of nitrogens with one attached hydrogen (secondary N) is 2. The van der Waals surface area contributed by atoms with Crippen molar-refractivity contribution in [3.8, 4) is 0 Å². The predicted octanol–water partition coefficient (Wildman–Crippen LogP) is 0.784. The van der Waals surface area contributed by atoms with E-state index in [1.54, 1.807) is 0 Å². The van der Waals surface area contributed by atoms with Gasteiger partial charge in [-0.3, -0.25) is 4.68 Å². The molecule has 3 heteroatoms. The number of aromatic nitrogens is 1. The average molecular weight is 165 g/mol. The van der Waals surface area contributed by atoms with Crippen LogP contribution in [0.1, 0.15) is 12.8 Å². The van der Waals surface area contributed by atoms with E-state index in [0.29, 0.717) is 6.04 Å². The highest BCUT2D eigenvalue weighted by Crippen LogP contribution is 2.03. The van der Waals surface area contributed by atoms with Crippen LogP contribution in [0.25, 0.3) is 0 Å². The Balaban J connectivity index is 1.74. The molecule has 12 heavy (non-hydrogen) atoms. The molecule has 0 saturated carbocycles. The molecule has 1 aliphatic rings. The molecular formula is C9H15N3. The van der Waals surface area contributed by atoms with Gasteiger partial charge in [0.05, 0.1) is 0 Å². The maximum Gasteiger partial charge on any atom is 0.0467 e. The van der Waals surface area contributed by atoms with Crippen molar-refractivity contribution in [2.24, 2.45) is 0 Å². The van der Waals surface area contributed by atoms with Gasteiger partial charge in [-0.2, -0.15) is 0 Å². The summed E-state index contributed by atoms with van der Waals surface area (Å²) in [5.41, 5.74) is 3.32.